The zero-order valence-corrected chi connectivity index (χ0v) is 21.6. The molecular formula is C28H29FN2O5S. The quantitative estimate of drug-likeness (QED) is 0.412. The van der Waals surface area contributed by atoms with Crippen LogP contribution in [0.1, 0.15) is 47.1 Å². The molecule has 0 saturated carbocycles. The van der Waals surface area contributed by atoms with Crippen LogP contribution in [0.5, 0.6) is 17.2 Å². The number of ether oxygens (including phenoxy) is 3. The number of carbonyl (C=O) groups is 2. The fourth-order valence-electron chi connectivity index (χ4n) is 4.69. The first-order valence-electron chi connectivity index (χ1n) is 12.4. The average Bonchev–Trinajstić information content (AvgIpc) is 3.59. The smallest absolute Gasteiger partial charge is 0.254 e. The van der Waals surface area contributed by atoms with Crippen LogP contribution in [0.25, 0.3) is 0 Å². The summed E-state index contributed by atoms with van der Waals surface area (Å²) in [7, 11) is 0. The molecule has 2 aliphatic rings. The summed E-state index contributed by atoms with van der Waals surface area (Å²) in [6.07, 6.45) is 1.42. The number of amides is 2. The third-order valence-electron chi connectivity index (χ3n) is 6.96. The van der Waals surface area contributed by atoms with Gasteiger partial charge in [-0.25, -0.2) is 4.39 Å². The van der Waals surface area contributed by atoms with Gasteiger partial charge in [0.1, 0.15) is 13.2 Å². The van der Waals surface area contributed by atoms with Crippen molar-refractivity contribution in [3.8, 4) is 17.2 Å². The number of fused-ring (bicyclic) bond motifs is 2. The van der Waals surface area contributed by atoms with E-state index in [0.29, 0.717) is 30.0 Å². The Morgan fingerprint density at radius 1 is 1.19 bits per heavy atom. The molecule has 0 saturated heterocycles. The van der Waals surface area contributed by atoms with Crippen LogP contribution in [0, 0.1) is 5.82 Å². The van der Waals surface area contributed by atoms with Gasteiger partial charge in [0.05, 0.1) is 6.04 Å². The van der Waals surface area contributed by atoms with Crippen molar-refractivity contribution in [2.45, 2.75) is 38.8 Å². The van der Waals surface area contributed by atoms with E-state index in [4.69, 9.17) is 14.2 Å². The number of para-hydroxylation sites is 1. The third-order valence-corrected chi connectivity index (χ3v) is 7.95. The first kappa shape index (κ1) is 25.1. The number of nitrogens with zero attached hydrogens (tertiary/aromatic N) is 2. The predicted octanol–water partition coefficient (Wildman–Crippen LogP) is 5.06. The van der Waals surface area contributed by atoms with Gasteiger partial charge in [-0.05, 0) is 67.1 Å². The van der Waals surface area contributed by atoms with E-state index in [2.05, 4.69) is 0 Å². The Kier molecular flexibility index (Phi) is 7.32. The number of rotatable bonds is 8. The van der Waals surface area contributed by atoms with Crippen LogP contribution in [0.15, 0.2) is 53.9 Å². The van der Waals surface area contributed by atoms with Crippen molar-refractivity contribution in [1.29, 1.82) is 0 Å². The van der Waals surface area contributed by atoms with Gasteiger partial charge in [-0.15, -0.1) is 11.3 Å². The lowest BCUT2D eigenvalue weighted by Crippen LogP contribution is -2.49. The van der Waals surface area contributed by atoms with E-state index in [-0.39, 0.29) is 49.6 Å². The van der Waals surface area contributed by atoms with E-state index in [1.807, 2.05) is 25.3 Å². The number of halogens is 1. The molecule has 0 bridgehead atoms. The van der Waals surface area contributed by atoms with Crippen LogP contribution >= 0.6 is 11.3 Å². The summed E-state index contributed by atoms with van der Waals surface area (Å²) in [6.45, 7) is 4.59. The van der Waals surface area contributed by atoms with Crippen molar-refractivity contribution in [2.24, 2.45) is 0 Å². The predicted molar refractivity (Wildman–Crippen MR) is 138 cm³/mol. The highest BCUT2D eigenvalue weighted by Crippen LogP contribution is 2.35. The molecule has 2 aliphatic heterocycles. The molecule has 3 heterocycles. The fourth-order valence-corrected chi connectivity index (χ4v) is 5.61. The Hall–Kier alpha value is -3.59. The number of carbonyl (C=O) groups excluding carboxylic acids is 2. The van der Waals surface area contributed by atoms with Crippen molar-refractivity contribution in [3.05, 3.63) is 75.7 Å². The maximum Gasteiger partial charge on any atom is 0.254 e. The molecule has 1 aromatic heterocycles. The van der Waals surface area contributed by atoms with Crippen LogP contribution < -0.4 is 14.2 Å². The van der Waals surface area contributed by atoms with E-state index in [9.17, 15) is 14.0 Å². The lowest BCUT2D eigenvalue weighted by molar-refractivity contribution is -0.136. The van der Waals surface area contributed by atoms with Gasteiger partial charge in [0.25, 0.3) is 5.91 Å². The summed E-state index contributed by atoms with van der Waals surface area (Å²) in [4.78, 5) is 31.8. The first-order valence-corrected chi connectivity index (χ1v) is 13.3. The number of thiophene rings is 1. The highest BCUT2D eigenvalue weighted by molar-refractivity contribution is 7.10. The number of hydrogen-bond acceptors (Lipinski definition) is 6. The highest BCUT2D eigenvalue weighted by Gasteiger charge is 2.35. The van der Waals surface area contributed by atoms with E-state index in [1.54, 1.807) is 57.5 Å². The maximum atomic E-state index is 14.2. The van der Waals surface area contributed by atoms with Crippen molar-refractivity contribution in [3.63, 3.8) is 0 Å². The van der Waals surface area contributed by atoms with Crippen molar-refractivity contribution < 1.29 is 28.2 Å². The molecule has 0 unspecified atom stereocenters. The summed E-state index contributed by atoms with van der Waals surface area (Å²) in [5, 5.41) is 2.00. The minimum atomic E-state index is -0.445. The van der Waals surface area contributed by atoms with Gasteiger partial charge in [0, 0.05) is 23.0 Å². The lowest BCUT2D eigenvalue weighted by atomic mass is 10.00. The zero-order valence-electron chi connectivity index (χ0n) is 20.8. The van der Waals surface area contributed by atoms with Gasteiger partial charge in [0.2, 0.25) is 12.7 Å². The SMILES string of the molecule is CC[C@H](C)N(CC(=O)N1CCc2sccc2[C@@H]1COc1ccccc1F)C(=O)c1ccc2c(c1)OCO2. The Bertz CT molecular complexity index is 1300. The molecule has 0 radical (unpaired) electrons. The standard InChI is InChI=1S/C28H29FN2O5S/c1-3-18(2)31(28(33)19-8-9-24-25(14-19)36-17-35-24)15-27(32)30-12-10-26-20(11-13-37-26)22(30)16-34-23-7-5-4-6-21(23)29/h4-9,11,13-14,18,22H,3,10,12,15-17H2,1-2H3/t18-,22-/m0/s1. The molecule has 0 fully saturated rings. The van der Waals surface area contributed by atoms with Crippen molar-refractivity contribution >= 4 is 23.2 Å². The molecule has 9 heteroatoms. The summed E-state index contributed by atoms with van der Waals surface area (Å²) >= 11 is 1.65. The number of benzene rings is 2. The van der Waals surface area contributed by atoms with Crippen LogP contribution in [0.3, 0.4) is 0 Å². The lowest BCUT2D eigenvalue weighted by Gasteiger charge is -2.38. The largest absolute Gasteiger partial charge is 0.488 e. The fraction of sp³-hybridized carbons (Fsp3) is 0.357. The second kappa shape index (κ2) is 10.8. The third kappa shape index (κ3) is 5.13. The second-order valence-electron chi connectivity index (χ2n) is 9.15. The molecule has 37 heavy (non-hydrogen) atoms. The first-order chi connectivity index (χ1) is 18.0. The summed E-state index contributed by atoms with van der Waals surface area (Å²) < 4.78 is 30.8. The molecule has 5 rings (SSSR count). The Morgan fingerprint density at radius 3 is 2.81 bits per heavy atom. The van der Waals surface area contributed by atoms with Gasteiger partial charge in [-0.2, -0.15) is 0 Å². The van der Waals surface area contributed by atoms with Crippen LogP contribution in [0.2, 0.25) is 0 Å². The molecule has 0 N–H and O–H groups in total. The molecule has 7 nitrogen and oxygen atoms in total. The highest BCUT2D eigenvalue weighted by atomic mass is 32.1. The Morgan fingerprint density at radius 2 is 2.00 bits per heavy atom. The summed E-state index contributed by atoms with van der Waals surface area (Å²) in [5.74, 6) is 0.408. The minimum absolute atomic E-state index is 0.0715. The average molecular weight is 525 g/mol. The van der Waals surface area contributed by atoms with E-state index in [0.717, 1.165) is 12.0 Å². The molecular weight excluding hydrogens is 495 g/mol. The number of hydrogen-bond donors (Lipinski definition) is 0. The van der Waals surface area contributed by atoms with E-state index < -0.39 is 5.82 Å². The normalized spacial score (nSPS) is 16.7. The maximum absolute atomic E-state index is 14.2. The molecule has 0 spiro atoms. The van der Waals surface area contributed by atoms with E-state index >= 15 is 0 Å². The van der Waals surface area contributed by atoms with Crippen LogP contribution in [-0.2, 0) is 11.2 Å². The molecule has 0 aliphatic carbocycles. The molecule has 3 aromatic rings. The summed E-state index contributed by atoms with van der Waals surface area (Å²) in [5.41, 5.74) is 1.45. The van der Waals surface area contributed by atoms with Gasteiger partial charge in [0.15, 0.2) is 23.1 Å². The molecule has 2 aromatic carbocycles. The van der Waals surface area contributed by atoms with Crippen molar-refractivity contribution in [1.82, 2.24) is 9.80 Å². The monoisotopic (exact) mass is 524 g/mol. The summed E-state index contributed by atoms with van der Waals surface area (Å²) in [6, 6.07) is 12.8. The van der Waals surface area contributed by atoms with Crippen LogP contribution in [0.4, 0.5) is 4.39 Å². The van der Waals surface area contributed by atoms with Crippen molar-refractivity contribution in [2.75, 3.05) is 26.5 Å². The van der Waals surface area contributed by atoms with Gasteiger partial charge >= 0.3 is 0 Å². The molecule has 194 valence electrons. The topological polar surface area (TPSA) is 68.3 Å². The molecule has 2 atom stereocenters. The van der Waals surface area contributed by atoms with Gasteiger partial charge in [-0.1, -0.05) is 19.1 Å². The zero-order chi connectivity index (χ0) is 25.9. The van der Waals surface area contributed by atoms with Gasteiger partial charge in [-0.3, -0.25) is 9.59 Å². The molecule has 2 amide bonds. The second-order valence-corrected chi connectivity index (χ2v) is 10.2. The van der Waals surface area contributed by atoms with Crippen LogP contribution in [-0.4, -0.2) is 54.1 Å². The van der Waals surface area contributed by atoms with Gasteiger partial charge < -0.3 is 24.0 Å². The minimum Gasteiger partial charge on any atom is -0.488 e. The Balaban J connectivity index is 1.36. The Labute approximate surface area is 219 Å². The van der Waals surface area contributed by atoms with E-state index in [1.165, 1.54) is 10.9 Å².